The van der Waals surface area contributed by atoms with Crippen LogP contribution in [-0.4, -0.2) is 41.0 Å². The molecule has 1 aliphatic rings. The lowest BCUT2D eigenvalue weighted by molar-refractivity contribution is -0.135. The summed E-state index contributed by atoms with van der Waals surface area (Å²) in [5.74, 6) is -0.550. The van der Waals surface area contributed by atoms with Crippen LogP contribution in [0, 0.1) is 13.8 Å². The lowest BCUT2D eigenvalue weighted by Gasteiger charge is -2.26. The minimum atomic E-state index is -0.444. The number of aryl methyl sites for hydroxylation is 1. The van der Waals surface area contributed by atoms with E-state index in [-0.39, 0.29) is 12.5 Å². The monoisotopic (exact) mass is 340 g/mol. The Kier molecular flexibility index (Phi) is 5.22. The van der Waals surface area contributed by atoms with Crippen molar-refractivity contribution in [3.8, 4) is 5.69 Å². The summed E-state index contributed by atoms with van der Waals surface area (Å²) >= 11 is 0. The zero-order chi connectivity index (χ0) is 17.8. The van der Waals surface area contributed by atoms with Gasteiger partial charge < -0.3 is 14.2 Å². The molecule has 0 spiro atoms. The number of benzene rings is 1. The highest BCUT2D eigenvalue weighted by Gasteiger charge is 2.21. The van der Waals surface area contributed by atoms with Crippen LogP contribution in [0.25, 0.3) is 5.69 Å². The van der Waals surface area contributed by atoms with Gasteiger partial charge in [-0.2, -0.15) is 0 Å². The summed E-state index contributed by atoms with van der Waals surface area (Å²) in [6.07, 6.45) is 3.21. The lowest BCUT2D eigenvalue weighted by atomic mass is 10.1. The molecule has 1 fully saturated rings. The second-order valence-corrected chi connectivity index (χ2v) is 6.47. The van der Waals surface area contributed by atoms with Crippen LogP contribution in [-0.2, 0) is 9.53 Å². The summed E-state index contributed by atoms with van der Waals surface area (Å²) in [6, 6.07) is 11.7. The van der Waals surface area contributed by atoms with E-state index < -0.39 is 5.97 Å². The highest BCUT2D eigenvalue weighted by molar-refractivity contribution is 5.93. The standard InChI is InChI=1S/C20H24N2O3/c1-15-13-18(16(2)22(15)17-9-5-3-6-10-17)20(24)25-14-19(23)21-11-7-4-8-12-21/h3,5-6,9-10,13H,4,7-8,11-12,14H2,1-2H3. The first kappa shape index (κ1) is 17.3. The van der Waals surface area contributed by atoms with E-state index in [4.69, 9.17) is 4.74 Å². The molecule has 1 aromatic carbocycles. The number of likely N-dealkylation sites (tertiary alicyclic amines) is 1. The van der Waals surface area contributed by atoms with Crippen LogP contribution in [0.15, 0.2) is 36.4 Å². The number of piperidine rings is 1. The molecule has 0 radical (unpaired) electrons. The molecule has 132 valence electrons. The van der Waals surface area contributed by atoms with Gasteiger partial charge in [0, 0.05) is 30.2 Å². The van der Waals surface area contributed by atoms with Crippen molar-refractivity contribution in [3.05, 3.63) is 53.3 Å². The number of ether oxygens (including phenoxy) is 1. The van der Waals surface area contributed by atoms with E-state index in [0.717, 1.165) is 49.4 Å². The second kappa shape index (κ2) is 7.55. The van der Waals surface area contributed by atoms with Gasteiger partial charge >= 0.3 is 5.97 Å². The second-order valence-electron chi connectivity index (χ2n) is 6.47. The van der Waals surface area contributed by atoms with Crippen molar-refractivity contribution in [1.29, 1.82) is 0 Å². The van der Waals surface area contributed by atoms with Crippen LogP contribution in [0.1, 0.15) is 41.0 Å². The topological polar surface area (TPSA) is 51.5 Å². The Morgan fingerprint density at radius 1 is 1.04 bits per heavy atom. The Morgan fingerprint density at radius 3 is 2.40 bits per heavy atom. The third-order valence-electron chi connectivity index (χ3n) is 4.70. The van der Waals surface area contributed by atoms with E-state index in [1.807, 2.05) is 54.8 Å². The molecule has 3 rings (SSSR count). The number of hydrogen-bond acceptors (Lipinski definition) is 3. The lowest BCUT2D eigenvalue weighted by Crippen LogP contribution is -2.38. The van der Waals surface area contributed by atoms with E-state index >= 15 is 0 Å². The minimum Gasteiger partial charge on any atom is -0.452 e. The number of carbonyl (C=O) groups is 2. The maximum Gasteiger partial charge on any atom is 0.340 e. The van der Waals surface area contributed by atoms with Crippen molar-refractivity contribution in [2.75, 3.05) is 19.7 Å². The van der Waals surface area contributed by atoms with Crippen LogP contribution in [0.3, 0.4) is 0 Å². The predicted molar refractivity (Wildman–Crippen MR) is 96.0 cm³/mol. The molecule has 1 saturated heterocycles. The molecule has 0 atom stereocenters. The summed E-state index contributed by atoms with van der Waals surface area (Å²) < 4.78 is 7.30. The average Bonchev–Trinajstić information content (AvgIpc) is 2.95. The van der Waals surface area contributed by atoms with Crippen molar-refractivity contribution in [2.24, 2.45) is 0 Å². The molecule has 0 saturated carbocycles. The Bertz CT molecular complexity index is 759. The van der Waals surface area contributed by atoms with E-state index in [1.54, 1.807) is 4.90 Å². The van der Waals surface area contributed by atoms with Crippen LogP contribution in [0.5, 0.6) is 0 Å². The number of esters is 1. The van der Waals surface area contributed by atoms with Crippen LogP contribution in [0.2, 0.25) is 0 Å². The number of aromatic nitrogens is 1. The maximum absolute atomic E-state index is 12.4. The number of para-hydroxylation sites is 1. The van der Waals surface area contributed by atoms with Gasteiger partial charge in [-0.1, -0.05) is 18.2 Å². The van der Waals surface area contributed by atoms with Crippen molar-refractivity contribution in [2.45, 2.75) is 33.1 Å². The SMILES string of the molecule is Cc1cc(C(=O)OCC(=O)N2CCCCC2)c(C)n1-c1ccccc1. The predicted octanol–water partition coefficient (Wildman–Crippen LogP) is 3.26. The van der Waals surface area contributed by atoms with E-state index in [9.17, 15) is 9.59 Å². The summed E-state index contributed by atoms with van der Waals surface area (Å²) in [5, 5.41) is 0. The fourth-order valence-corrected chi connectivity index (χ4v) is 3.38. The van der Waals surface area contributed by atoms with Gasteiger partial charge in [0.1, 0.15) is 0 Å². The maximum atomic E-state index is 12.4. The van der Waals surface area contributed by atoms with Crippen LogP contribution < -0.4 is 0 Å². The summed E-state index contributed by atoms with van der Waals surface area (Å²) in [7, 11) is 0. The Balaban J connectivity index is 1.69. The quantitative estimate of drug-likeness (QED) is 0.803. The highest BCUT2D eigenvalue weighted by atomic mass is 16.5. The number of hydrogen-bond donors (Lipinski definition) is 0. The van der Waals surface area contributed by atoms with Gasteiger partial charge in [-0.3, -0.25) is 4.79 Å². The van der Waals surface area contributed by atoms with Gasteiger partial charge in [0.05, 0.1) is 5.56 Å². The fraction of sp³-hybridized carbons (Fsp3) is 0.400. The van der Waals surface area contributed by atoms with E-state index in [2.05, 4.69) is 0 Å². The van der Waals surface area contributed by atoms with Gasteiger partial charge in [0.15, 0.2) is 6.61 Å². The molecule has 2 aromatic rings. The van der Waals surface area contributed by atoms with E-state index in [1.165, 1.54) is 0 Å². The number of rotatable bonds is 4. The minimum absolute atomic E-state index is 0.107. The largest absolute Gasteiger partial charge is 0.452 e. The molecule has 5 nitrogen and oxygen atoms in total. The Hall–Kier alpha value is -2.56. The number of carbonyl (C=O) groups excluding carboxylic acids is 2. The van der Waals surface area contributed by atoms with Crippen LogP contribution in [0.4, 0.5) is 0 Å². The normalized spacial score (nSPS) is 14.4. The van der Waals surface area contributed by atoms with Crippen molar-refractivity contribution < 1.29 is 14.3 Å². The zero-order valence-electron chi connectivity index (χ0n) is 14.8. The first-order chi connectivity index (χ1) is 12.1. The summed E-state index contributed by atoms with van der Waals surface area (Å²) in [5.41, 5.74) is 3.28. The summed E-state index contributed by atoms with van der Waals surface area (Å²) in [6.45, 7) is 5.18. The number of amides is 1. The van der Waals surface area contributed by atoms with Gasteiger partial charge in [-0.15, -0.1) is 0 Å². The zero-order valence-corrected chi connectivity index (χ0v) is 14.8. The average molecular weight is 340 g/mol. The first-order valence-electron chi connectivity index (χ1n) is 8.77. The van der Waals surface area contributed by atoms with Gasteiger partial charge in [0.2, 0.25) is 0 Å². The fourth-order valence-electron chi connectivity index (χ4n) is 3.38. The molecule has 0 bridgehead atoms. The smallest absolute Gasteiger partial charge is 0.340 e. The molecular formula is C20H24N2O3. The Labute approximate surface area is 148 Å². The van der Waals surface area contributed by atoms with Gasteiger partial charge in [-0.25, -0.2) is 4.79 Å². The third kappa shape index (κ3) is 3.76. The highest BCUT2D eigenvalue weighted by Crippen LogP contribution is 2.21. The molecule has 0 N–H and O–H groups in total. The van der Waals surface area contributed by atoms with Crippen molar-refractivity contribution in [3.63, 3.8) is 0 Å². The molecule has 25 heavy (non-hydrogen) atoms. The molecular weight excluding hydrogens is 316 g/mol. The van der Waals surface area contributed by atoms with Gasteiger partial charge in [0.25, 0.3) is 5.91 Å². The van der Waals surface area contributed by atoms with Crippen molar-refractivity contribution in [1.82, 2.24) is 9.47 Å². The molecule has 1 aliphatic heterocycles. The molecule has 5 heteroatoms. The van der Waals surface area contributed by atoms with Crippen molar-refractivity contribution >= 4 is 11.9 Å². The third-order valence-corrected chi connectivity index (χ3v) is 4.70. The van der Waals surface area contributed by atoms with E-state index in [0.29, 0.717) is 5.56 Å². The molecule has 0 aliphatic carbocycles. The van der Waals surface area contributed by atoms with Gasteiger partial charge in [-0.05, 0) is 51.3 Å². The first-order valence-corrected chi connectivity index (χ1v) is 8.77. The summed E-state index contributed by atoms with van der Waals surface area (Å²) in [4.78, 5) is 26.4. The van der Waals surface area contributed by atoms with Crippen LogP contribution >= 0.6 is 0 Å². The Morgan fingerprint density at radius 2 is 1.72 bits per heavy atom. The number of nitrogens with zero attached hydrogens (tertiary/aromatic N) is 2. The molecule has 2 heterocycles. The molecule has 0 unspecified atom stereocenters. The molecule has 1 amide bonds. The molecule has 1 aromatic heterocycles.